The van der Waals surface area contributed by atoms with Gasteiger partial charge < -0.3 is 0 Å². The van der Waals surface area contributed by atoms with Gasteiger partial charge in [0, 0.05) is 0 Å². The van der Waals surface area contributed by atoms with Crippen LogP contribution in [0.25, 0.3) is 0 Å². The topological polar surface area (TPSA) is 12.4 Å². The Balaban J connectivity index is 3.81. The lowest BCUT2D eigenvalue weighted by Gasteiger charge is -2.18. The second kappa shape index (κ2) is 5.45. The molecule has 0 saturated carbocycles. The quantitative estimate of drug-likeness (QED) is 0.522. The molecule has 0 N–H and O–H groups in total. The number of hydrogen-bond acceptors (Lipinski definition) is 1. The highest BCUT2D eigenvalue weighted by Gasteiger charge is 2.13. The summed E-state index contributed by atoms with van der Waals surface area (Å²) in [6, 6.07) is 0.495. The van der Waals surface area contributed by atoms with E-state index in [4.69, 9.17) is 0 Å². The molecule has 1 nitrogen and oxygen atoms in total. The van der Waals surface area contributed by atoms with Gasteiger partial charge in [0.15, 0.2) is 0 Å². The molecule has 0 aromatic carbocycles. The smallest absolute Gasteiger partial charge is 0.0517 e. The van der Waals surface area contributed by atoms with Crippen molar-refractivity contribution in [1.82, 2.24) is 0 Å². The van der Waals surface area contributed by atoms with E-state index in [1.54, 1.807) is 0 Å². The Morgan fingerprint density at radius 3 is 1.70 bits per heavy atom. The summed E-state index contributed by atoms with van der Waals surface area (Å²) < 4.78 is 0. The summed E-state index contributed by atoms with van der Waals surface area (Å²) in [5, 5.41) is 0. The SMILES string of the molecule is C=NC(CC)C(CC)CC. The molecule has 0 rings (SSSR count). The van der Waals surface area contributed by atoms with Gasteiger partial charge in [-0.3, -0.25) is 4.99 Å². The molecular formula is C9H19N. The largest absolute Gasteiger partial charge is 0.297 e. The van der Waals surface area contributed by atoms with Gasteiger partial charge in [0.05, 0.1) is 6.04 Å². The Bertz CT molecular complexity index is 84.7. The van der Waals surface area contributed by atoms with Crippen LogP contribution in [0.4, 0.5) is 0 Å². The molecule has 0 aliphatic heterocycles. The van der Waals surface area contributed by atoms with E-state index in [-0.39, 0.29) is 0 Å². The lowest BCUT2D eigenvalue weighted by molar-refractivity contribution is 0.391. The van der Waals surface area contributed by atoms with Crippen LogP contribution in [0.15, 0.2) is 4.99 Å². The van der Waals surface area contributed by atoms with Gasteiger partial charge in [-0.15, -0.1) is 0 Å². The van der Waals surface area contributed by atoms with Gasteiger partial charge in [-0.1, -0.05) is 33.6 Å². The van der Waals surface area contributed by atoms with Gasteiger partial charge in [-0.2, -0.15) is 0 Å². The molecule has 0 fully saturated rings. The summed E-state index contributed by atoms with van der Waals surface area (Å²) in [4.78, 5) is 4.10. The third-order valence-corrected chi connectivity index (χ3v) is 2.25. The lowest BCUT2D eigenvalue weighted by atomic mass is 9.93. The molecule has 0 aliphatic carbocycles. The normalized spacial score (nSPS) is 13.6. The first-order valence-corrected chi connectivity index (χ1v) is 4.25. The number of hydrogen-bond donors (Lipinski definition) is 0. The van der Waals surface area contributed by atoms with Crippen molar-refractivity contribution < 1.29 is 0 Å². The molecule has 1 atom stereocenters. The predicted octanol–water partition coefficient (Wildman–Crippen LogP) is 2.90. The van der Waals surface area contributed by atoms with E-state index in [0.717, 1.165) is 12.3 Å². The highest BCUT2D eigenvalue weighted by atomic mass is 14.8. The van der Waals surface area contributed by atoms with Crippen molar-refractivity contribution >= 4 is 6.72 Å². The van der Waals surface area contributed by atoms with Crippen molar-refractivity contribution in [3.05, 3.63) is 0 Å². The lowest BCUT2D eigenvalue weighted by Crippen LogP contribution is -2.15. The Morgan fingerprint density at radius 2 is 1.60 bits per heavy atom. The average molecular weight is 141 g/mol. The van der Waals surface area contributed by atoms with Crippen molar-refractivity contribution in [2.45, 2.75) is 46.1 Å². The van der Waals surface area contributed by atoms with E-state index in [2.05, 4.69) is 32.5 Å². The van der Waals surface area contributed by atoms with Crippen LogP contribution >= 0.6 is 0 Å². The number of rotatable bonds is 5. The van der Waals surface area contributed by atoms with Gasteiger partial charge in [-0.05, 0) is 19.1 Å². The minimum absolute atomic E-state index is 0.495. The molecule has 1 heteroatoms. The fourth-order valence-electron chi connectivity index (χ4n) is 1.44. The maximum absolute atomic E-state index is 4.10. The number of aliphatic imine (C=N–C) groups is 1. The summed E-state index contributed by atoms with van der Waals surface area (Å²) >= 11 is 0. The second-order valence-electron chi connectivity index (χ2n) is 2.73. The van der Waals surface area contributed by atoms with Crippen LogP contribution in [0.3, 0.4) is 0 Å². The molecule has 0 radical (unpaired) electrons. The zero-order valence-corrected chi connectivity index (χ0v) is 7.43. The van der Waals surface area contributed by atoms with Crippen molar-refractivity contribution in [3.8, 4) is 0 Å². The molecule has 0 spiro atoms. The van der Waals surface area contributed by atoms with E-state index in [9.17, 15) is 0 Å². The summed E-state index contributed by atoms with van der Waals surface area (Å²) in [5.41, 5.74) is 0. The molecule has 60 valence electrons. The highest BCUT2D eigenvalue weighted by Crippen LogP contribution is 2.17. The highest BCUT2D eigenvalue weighted by molar-refractivity contribution is 5.24. The summed E-state index contributed by atoms with van der Waals surface area (Å²) in [6.45, 7) is 10.2. The molecule has 0 heterocycles. The molecule has 1 unspecified atom stereocenters. The predicted molar refractivity (Wildman–Crippen MR) is 47.7 cm³/mol. The third-order valence-electron chi connectivity index (χ3n) is 2.25. The average Bonchev–Trinajstić information content (AvgIpc) is 2.00. The molecule has 0 aliphatic rings. The van der Waals surface area contributed by atoms with Crippen molar-refractivity contribution in [2.75, 3.05) is 0 Å². The molecule has 0 aromatic rings. The monoisotopic (exact) mass is 141 g/mol. The third kappa shape index (κ3) is 2.51. The Labute approximate surface area is 64.6 Å². The van der Waals surface area contributed by atoms with Crippen LogP contribution in [0.1, 0.15) is 40.0 Å². The minimum atomic E-state index is 0.495. The zero-order valence-electron chi connectivity index (χ0n) is 7.43. The molecule has 0 aromatic heterocycles. The summed E-state index contributed by atoms with van der Waals surface area (Å²) in [5.74, 6) is 0.752. The fraction of sp³-hybridized carbons (Fsp3) is 0.889. The van der Waals surface area contributed by atoms with E-state index in [1.807, 2.05) is 0 Å². The first-order chi connectivity index (χ1) is 4.79. The van der Waals surface area contributed by atoms with Gasteiger partial charge >= 0.3 is 0 Å². The Morgan fingerprint density at radius 1 is 1.10 bits per heavy atom. The Kier molecular flexibility index (Phi) is 5.27. The molecule has 0 saturated heterocycles. The van der Waals surface area contributed by atoms with Crippen LogP contribution in [-0.4, -0.2) is 12.8 Å². The molecule has 10 heavy (non-hydrogen) atoms. The second-order valence-corrected chi connectivity index (χ2v) is 2.73. The zero-order chi connectivity index (χ0) is 7.98. The van der Waals surface area contributed by atoms with Crippen LogP contribution < -0.4 is 0 Å². The van der Waals surface area contributed by atoms with Gasteiger partial charge in [0.25, 0.3) is 0 Å². The van der Waals surface area contributed by atoms with Crippen LogP contribution in [0.2, 0.25) is 0 Å². The van der Waals surface area contributed by atoms with E-state index in [0.29, 0.717) is 6.04 Å². The fourth-order valence-corrected chi connectivity index (χ4v) is 1.44. The first kappa shape index (κ1) is 9.67. The van der Waals surface area contributed by atoms with Crippen LogP contribution in [-0.2, 0) is 0 Å². The minimum Gasteiger partial charge on any atom is -0.297 e. The van der Waals surface area contributed by atoms with Gasteiger partial charge in [0.1, 0.15) is 0 Å². The summed E-state index contributed by atoms with van der Waals surface area (Å²) in [7, 11) is 0. The molecular weight excluding hydrogens is 122 g/mol. The van der Waals surface area contributed by atoms with Crippen molar-refractivity contribution in [1.29, 1.82) is 0 Å². The van der Waals surface area contributed by atoms with Crippen LogP contribution in [0.5, 0.6) is 0 Å². The van der Waals surface area contributed by atoms with Crippen LogP contribution in [0, 0.1) is 5.92 Å². The van der Waals surface area contributed by atoms with Gasteiger partial charge in [-0.25, -0.2) is 0 Å². The van der Waals surface area contributed by atoms with E-state index in [1.165, 1.54) is 12.8 Å². The standard InChI is InChI=1S/C9H19N/c1-5-8(6-2)9(7-3)10-4/h8-9H,4-7H2,1-3H3. The van der Waals surface area contributed by atoms with E-state index < -0.39 is 0 Å². The Hall–Kier alpha value is -0.330. The molecule has 0 bridgehead atoms. The van der Waals surface area contributed by atoms with E-state index >= 15 is 0 Å². The number of nitrogens with zero attached hydrogens (tertiary/aromatic N) is 1. The van der Waals surface area contributed by atoms with Gasteiger partial charge in [0.2, 0.25) is 0 Å². The molecule has 0 amide bonds. The first-order valence-electron chi connectivity index (χ1n) is 4.25. The van der Waals surface area contributed by atoms with Crippen molar-refractivity contribution in [3.63, 3.8) is 0 Å². The van der Waals surface area contributed by atoms with Crippen molar-refractivity contribution in [2.24, 2.45) is 10.9 Å². The maximum Gasteiger partial charge on any atom is 0.0517 e. The maximum atomic E-state index is 4.10. The summed E-state index contributed by atoms with van der Waals surface area (Å²) in [6.07, 6.45) is 3.60.